The van der Waals surface area contributed by atoms with Crippen LogP contribution < -0.4 is 15.5 Å². The fourth-order valence-electron chi connectivity index (χ4n) is 2.80. The summed E-state index contributed by atoms with van der Waals surface area (Å²) in [6, 6.07) is 14.6. The first-order chi connectivity index (χ1) is 13.1. The highest BCUT2D eigenvalue weighted by Crippen LogP contribution is 2.18. The lowest BCUT2D eigenvalue weighted by molar-refractivity contribution is -0.113. The molecule has 0 fully saturated rings. The molecule has 27 heavy (non-hydrogen) atoms. The number of aromatic amines is 1. The van der Waals surface area contributed by atoms with Crippen molar-refractivity contribution in [2.45, 2.75) is 19.6 Å². The van der Waals surface area contributed by atoms with E-state index >= 15 is 0 Å². The third-order valence-corrected chi connectivity index (χ3v) is 5.05. The molecule has 0 spiro atoms. The molecule has 0 aliphatic carbocycles. The Kier molecular flexibility index (Phi) is 6.19. The Morgan fingerprint density at radius 3 is 2.70 bits per heavy atom. The molecule has 2 aromatic carbocycles. The molecule has 140 valence electrons. The Balaban J connectivity index is 1.56. The van der Waals surface area contributed by atoms with Crippen molar-refractivity contribution in [2.75, 3.05) is 17.7 Å². The van der Waals surface area contributed by atoms with Gasteiger partial charge in [0.15, 0.2) is 5.43 Å². The van der Waals surface area contributed by atoms with Gasteiger partial charge in [0, 0.05) is 28.6 Å². The van der Waals surface area contributed by atoms with E-state index in [9.17, 15) is 9.59 Å². The third kappa shape index (κ3) is 4.92. The van der Waals surface area contributed by atoms with Crippen molar-refractivity contribution in [3.8, 4) is 5.75 Å². The number of fused-ring (bicyclic) bond motifs is 1. The number of benzene rings is 2. The average Bonchev–Trinajstić information content (AvgIpc) is 2.64. The van der Waals surface area contributed by atoms with E-state index in [0.29, 0.717) is 23.5 Å². The van der Waals surface area contributed by atoms with Gasteiger partial charge < -0.3 is 15.0 Å². The number of aromatic nitrogens is 1. The lowest BCUT2D eigenvalue weighted by Crippen LogP contribution is -2.14. The highest BCUT2D eigenvalue weighted by molar-refractivity contribution is 7.99. The van der Waals surface area contributed by atoms with Crippen molar-refractivity contribution in [1.29, 1.82) is 0 Å². The largest absolute Gasteiger partial charge is 0.494 e. The monoisotopic (exact) mass is 382 g/mol. The van der Waals surface area contributed by atoms with E-state index in [1.54, 1.807) is 6.07 Å². The van der Waals surface area contributed by atoms with Gasteiger partial charge in [0.25, 0.3) is 0 Å². The summed E-state index contributed by atoms with van der Waals surface area (Å²) in [6.07, 6.45) is 0. The summed E-state index contributed by atoms with van der Waals surface area (Å²) < 4.78 is 5.38. The van der Waals surface area contributed by atoms with E-state index in [0.717, 1.165) is 28.2 Å². The number of anilines is 1. The molecule has 0 unspecified atom stereocenters. The zero-order chi connectivity index (χ0) is 19.2. The number of thioether (sulfide) groups is 1. The molecule has 3 aromatic rings. The molecule has 3 rings (SSSR count). The number of ether oxygens (including phenoxy) is 1. The van der Waals surface area contributed by atoms with Crippen LogP contribution in [0.3, 0.4) is 0 Å². The summed E-state index contributed by atoms with van der Waals surface area (Å²) in [5, 5.41) is 3.55. The number of nitrogens with one attached hydrogen (secondary N) is 2. The van der Waals surface area contributed by atoms with Gasteiger partial charge in [0.2, 0.25) is 5.91 Å². The average molecular weight is 382 g/mol. The van der Waals surface area contributed by atoms with Crippen molar-refractivity contribution in [3.63, 3.8) is 0 Å². The first-order valence-corrected chi connectivity index (χ1v) is 9.94. The minimum atomic E-state index is -0.0801. The molecule has 0 saturated carbocycles. The number of aryl methyl sites for hydroxylation is 1. The van der Waals surface area contributed by atoms with Gasteiger partial charge in [-0.05, 0) is 49.7 Å². The maximum absolute atomic E-state index is 12.2. The number of rotatable bonds is 7. The van der Waals surface area contributed by atoms with E-state index < -0.39 is 0 Å². The minimum absolute atomic E-state index is 0.00175. The number of H-pyrrole nitrogens is 1. The van der Waals surface area contributed by atoms with Crippen molar-refractivity contribution in [3.05, 3.63) is 70.0 Å². The Labute approximate surface area is 162 Å². The Bertz CT molecular complexity index is 996. The highest BCUT2D eigenvalue weighted by atomic mass is 32.2. The second-order valence-electron chi connectivity index (χ2n) is 6.15. The molecule has 0 saturated heterocycles. The standard InChI is InChI=1S/C21H22N2O3S/c1-3-26-17-9-7-15(8-10-17)22-20(25)13-27-12-16-11-19(24)18-6-4-5-14(2)21(18)23-16/h4-11H,3,12-13H2,1-2H3,(H,22,25)(H,23,24). The molecule has 0 atom stereocenters. The van der Waals surface area contributed by atoms with Gasteiger partial charge in [-0.3, -0.25) is 9.59 Å². The summed E-state index contributed by atoms with van der Waals surface area (Å²) in [7, 11) is 0. The zero-order valence-electron chi connectivity index (χ0n) is 15.4. The summed E-state index contributed by atoms with van der Waals surface area (Å²) in [6.45, 7) is 4.51. The molecule has 0 aliphatic heterocycles. The molecule has 1 aromatic heterocycles. The van der Waals surface area contributed by atoms with Crippen molar-refractivity contribution < 1.29 is 9.53 Å². The third-order valence-electron chi connectivity index (χ3n) is 4.07. The zero-order valence-corrected chi connectivity index (χ0v) is 16.2. The van der Waals surface area contributed by atoms with Gasteiger partial charge in [-0.15, -0.1) is 11.8 Å². The SMILES string of the molecule is CCOc1ccc(NC(=O)CSCc2cc(=O)c3cccc(C)c3[nH]2)cc1. The topological polar surface area (TPSA) is 71.2 Å². The van der Waals surface area contributed by atoms with Crippen LogP contribution in [0.15, 0.2) is 53.3 Å². The van der Waals surface area contributed by atoms with Crippen LogP contribution in [0.2, 0.25) is 0 Å². The van der Waals surface area contributed by atoms with Gasteiger partial charge in [-0.2, -0.15) is 0 Å². The van der Waals surface area contributed by atoms with Gasteiger partial charge in [-0.1, -0.05) is 12.1 Å². The molecule has 0 bridgehead atoms. The summed E-state index contributed by atoms with van der Waals surface area (Å²) >= 11 is 1.46. The van der Waals surface area contributed by atoms with Gasteiger partial charge in [-0.25, -0.2) is 0 Å². The second kappa shape index (κ2) is 8.77. The van der Waals surface area contributed by atoms with Crippen LogP contribution in [0.5, 0.6) is 5.75 Å². The van der Waals surface area contributed by atoms with Crippen LogP contribution in [0.25, 0.3) is 10.9 Å². The van der Waals surface area contributed by atoms with Gasteiger partial charge in [0.05, 0.1) is 17.9 Å². The molecule has 0 radical (unpaired) electrons. The summed E-state index contributed by atoms with van der Waals surface area (Å²) in [5.41, 5.74) is 3.45. The molecule has 1 heterocycles. The van der Waals surface area contributed by atoms with Crippen LogP contribution in [0.4, 0.5) is 5.69 Å². The smallest absolute Gasteiger partial charge is 0.234 e. The van der Waals surface area contributed by atoms with E-state index in [2.05, 4.69) is 10.3 Å². The highest BCUT2D eigenvalue weighted by Gasteiger charge is 2.07. The normalized spacial score (nSPS) is 10.7. The lowest BCUT2D eigenvalue weighted by Gasteiger charge is -2.08. The maximum atomic E-state index is 12.2. The number of para-hydroxylation sites is 1. The number of hydrogen-bond donors (Lipinski definition) is 2. The molecule has 5 nitrogen and oxygen atoms in total. The summed E-state index contributed by atoms with van der Waals surface area (Å²) in [4.78, 5) is 27.7. The van der Waals surface area contributed by atoms with Crippen LogP contribution in [-0.2, 0) is 10.5 Å². The van der Waals surface area contributed by atoms with E-state index in [-0.39, 0.29) is 11.3 Å². The minimum Gasteiger partial charge on any atom is -0.494 e. The van der Waals surface area contributed by atoms with Crippen molar-refractivity contribution in [1.82, 2.24) is 4.98 Å². The second-order valence-corrected chi connectivity index (χ2v) is 7.14. The number of amides is 1. The van der Waals surface area contributed by atoms with E-state index in [1.165, 1.54) is 11.8 Å². The molecule has 2 N–H and O–H groups in total. The number of carbonyl (C=O) groups is 1. The predicted molar refractivity (Wildman–Crippen MR) is 112 cm³/mol. The number of pyridine rings is 1. The van der Waals surface area contributed by atoms with E-state index in [4.69, 9.17) is 4.74 Å². The molecule has 1 amide bonds. The fraction of sp³-hybridized carbons (Fsp3) is 0.238. The van der Waals surface area contributed by atoms with Crippen LogP contribution >= 0.6 is 11.8 Å². The first-order valence-electron chi connectivity index (χ1n) is 8.79. The van der Waals surface area contributed by atoms with Crippen LogP contribution in [0.1, 0.15) is 18.2 Å². The van der Waals surface area contributed by atoms with Crippen LogP contribution in [0, 0.1) is 6.92 Å². The number of hydrogen-bond acceptors (Lipinski definition) is 4. The van der Waals surface area contributed by atoms with Crippen molar-refractivity contribution in [2.24, 2.45) is 0 Å². The molecular weight excluding hydrogens is 360 g/mol. The Hall–Kier alpha value is -2.73. The molecular formula is C21H22N2O3S. The number of carbonyl (C=O) groups excluding carboxylic acids is 1. The maximum Gasteiger partial charge on any atom is 0.234 e. The Morgan fingerprint density at radius 2 is 1.96 bits per heavy atom. The quantitative estimate of drug-likeness (QED) is 0.645. The van der Waals surface area contributed by atoms with Crippen LogP contribution in [-0.4, -0.2) is 23.3 Å². The fourth-order valence-corrected chi connectivity index (χ4v) is 3.54. The predicted octanol–water partition coefficient (Wildman–Crippen LogP) is 4.11. The van der Waals surface area contributed by atoms with Gasteiger partial charge in [0.1, 0.15) is 5.75 Å². The Morgan fingerprint density at radius 1 is 1.19 bits per heavy atom. The summed E-state index contributed by atoms with van der Waals surface area (Å²) in [5.74, 6) is 1.57. The van der Waals surface area contributed by atoms with Crippen molar-refractivity contribution >= 4 is 34.3 Å². The lowest BCUT2D eigenvalue weighted by atomic mass is 10.1. The van der Waals surface area contributed by atoms with Gasteiger partial charge >= 0.3 is 0 Å². The van der Waals surface area contributed by atoms with E-state index in [1.807, 2.05) is 56.3 Å². The first kappa shape index (κ1) is 19.0. The molecule has 6 heteroatoms. The molecule has 0 aliphatic rings.